The third-order valence-corrected chi connectivity index (χ3v) is 5.54. The summed E-state index contributed by atoms with van der Waals surface area (Å²) in [7, 11) is -4.38. The molecular formula is C19H28F2N2O13P+. The summed E-state index contributed by atoms with van der Waals surface area (Å²) >= 11 is 0. The number of rotatable bonds is 12. The number of hydrogen-bond acceptors (Lipinski definition) is 13. The molecule has 1 aliphatic heterocycles. The van der Waals surface area contributed by atoms with E-state index in [-0.39, 0.29) is 6.42 Å². The van der Waals surface area contributed by atoms with E-state index in [1.54, 1.807) is 32.7 Å². The Morgan fingerprint density at radius 3 is 2.16 bits per heavy atom. The lowest BCUT2D eigenvalue weighted by Crippen LogP contribution is -2.36. The fourth-order valence-corrected chi connectivity index (χ4v) is 3.68. The molecule has 210 valence electrons. The number of carbonyl (C=O) groups excluding carboxylic acids is 2. The second-order valence-corrected chi connectivity index (χ2v) is 9.64. The number of halogens is 2. The van der Waals surface area contributed by atoms with Gasteiger partial charge in [0.25, 0.3) is 5.56 Å². The van der Waals surface area contributed by atoms with Crippen molar-refractivity contribution < 1.29 is 60.5 Å². The molecule has 1 fully saturated rings. The summed E-state index contributed by atoms with van der Waals surface area (Å²) in [5, 5.41) is 0. The predicted molar refractivity (Wildman–Crippen MR) is 117 cm³/mol. The molecule has 3 unspecified atom stereocenters. The first kappa shape index (κ1) is 30.5. The van der Waals surface area contributed by atoms with Crippen LogP contribution in [0.4, 0.5) is 18.4 Å². The van der Waals surface area contributed by atoms with E-state index in [1.165, 1.54) is 0 Å². The summed E-state index contributed by atoms with van der Waals surface area (Å²) in [6.07, 6.45) is -7.67. The molecule has 37 heavy (non-hydrogen) atoms. The van der Waals surface area contributed by atoms with Crippen LogP contribution in [0.5, 0.6) is 0 Å². The van der Waals surface area contributed by atoms with Gasteiger partial charge in [-0.3, -0.25) is 14.3 Å². The van der Waals surface area contributed by atoms with E-state index in [1.807, 2.05) is 0 Å². The Kier molecular flexibility index (Phi) is 11.3. The zero-order valence-corrected chi connectivity index (χ0v) is 21.2. The highest BCUT2D eigenvalue weighted by Crippen LogP contribution is 2.58. The van der Waals surface area contributed by atoms with Gasteiger partial charge in [-0.25, -0.2) is 18.8 Å². The van der Waals surface area contributed by atoms with E-state index in [9.17, 15) is 32.9 Å². The molecule has 18 heteroatoms. The maximum Gasteiger partial charge on any atom is 0.579 e. The Bertz CT molecular complexity index is 1010. The number of nitrogens with one attached hydrogen (secondary N) is 1. The Morgan fingerprint density at radius 1 is 1.11 bits per heavy atom. The number of aromatic amines is 1. The molecule has 1 aromatic rings. The van der Waals surface area contributed by atoms with E-state index in [0.29, 0.717) is 10.8 Å². The molecule has 2 rings (SSSR count). The molecule has 0 radical (unpaired) electrons. The first-order chi connectivity index (χ1) is 17.3. The average molecular weight is 561 g/mol. The topological polar surface area (TPSA) is 183 Å². The van der Waals surface area contributed by atoms with E-state index < -0.39 is 88.5 Å². The van der Waals surface area contributed by atoms with Gasteiger partial charge in [0, 0.05) is 6.42 Å². The van der Waals surface area contributed by atoms with Crippen molar-refractivity contribution in [2.24, 2.45) is 0 Å². The highest BCUT2D eigenvalue weighted by molar-refractivity contribution is 7.55. The van der Waals surface area contributed by atoms with Crippen LogP contribution >= 0.6 is 8.17 Å². The molecular weight excluding hydrogens is 533 g/mol. The monoisotopic (exact) mass is 561 g/mol. The minimum atomic E-state index is -4.38. The van der Waals surface area contributed by atoms with Gasteiger partial charge in [-0.2, -0.15) is 13.8 Å². The van der Waals surface area contributed by atoms with Crippen LogP contribution in [0.1, 0.15) is 40.3 Å². The van der Waals surface area contributed by atoms with Crippen molar-refractivity contribution in [3.63, 3.8) is 0 Å². The van der Waals surface area contributed by atoms with Crippen LogP contribution in [-0.4, -0.2) is 71.4 Å². The Hall–Kier alpha value is -2.69. The first-order valence-electron chi connectivity index (χ1n) is 10.8. The standard InChI is InChI=1S/C19H27F2N2O13P/c1-10(2)34-18(26)29-8-32-37(28,33-9-30-19(27)35-11(3)4)31-7-12-5-13(20)16(36-12)23-6-14(21)15(24)22-17(23)25/h6,10-13,16,28H,5,7-9H2,1-4H3/p+1. The zero-order chi connectivity index (χ0) is 27.8. The van der Waals surface area contributed by atoms with Crippen LogP contribution in [-0.2, 0) is 37.3 Å². The van der Waals surface area contributed by atoms with Crippen LogP contribution < -0.4 is 11.2 Å². The lowest BCUT2D eigenvalue weighted by Gasteiger charge is -2.18. The van der Waals surface area contributed by atoms with Gasteiger partial charge in [-0.15, -0.1) is 9.05 Å². The number of ether oxygens (including phenoxy) is 5. The largest absolute Gasteiger partial charge is 0.579 e. The van der Waals surface area contributed by atoms with E-state index in [0.717, 1.165) is 0 Å². The maximum atomic E-state index is 14.5. The van der Waals surface area contributed by atoms with E-state index in [2.05, 4.69) is 9.47 Å². The van der Waals surface area contributed by atoms with Gasteiger partial charge in [0.05, 0.1) is 24.5 Å². The third-order valence-electron chi connectivity index (χ3n) is 4.20. The van der Waals surface area contributed by atoms with Gasteiger partial charge in [0.1, 0.15) is 12.8 Å². The summed E-state index contributed by atoms with van der Waals surface area (Å²) in [5.74, 6) is -1.33. The Balaban J connectivity index is 2.00. The van der Waals surface area contributed by atoms with Gasteiger partial charge >= 0.3 is 26.2 Å². The molecule has 3 atom stereocenters. The van der Waals surface area contributed by atoms with Gasteiger partial charge in [0.15, 0.2) is 6.23 Å². The van der Waals surface area contributed by atoms with Crippen molar-refractivity contribution in [3.05, 3.63) is 32.9 Å². The van der Waals surface area contributed by atoms with Crippen molar-refractivity contribution in [1.29, 1.82) is 0 Å². The van der Waals surface area contributed by atoms with Crippen molar-refractivity contribution in [1.82, 2.24) is 9.55 Å². The van der Waals surface area contributed by atoms with Gasteiger partial charge in [0.2, 0.25) is 19.4 Å². The smallest absolute Gasteiger partial charge is 0.432 e. The third kappa shape index (κ3) is 9.94. The van der Waals surface area contributed by atoms with Crippen LogP contribution in [0.3, 0.4) is 0 Å². The number of nitrogens with zero attached hydrogens (tertiary/aromatic N) is 1. The predicted octanol–water partition coefficient (Wildman–Crippen LogP) is 2.06. The lowest BCUT2D eigenvalue weighted by molar-refractivity contribution is -0.0715. The van der Waals surface area contributed by atoms with Gasteiger partial charge in [-0.05, 0) is 27.7 Å². The minimum Gasteiger partial charge on any atom is -0.432 e. The highest BCUT2D eigenvalue weighted by Gasteiger charge is 2.49. The number of alkyl halides is 1. The molecule has 0 saturated carbocycles. The second-order valence-electron chi connectivity index (χ2n) is 7.92. The molecule has 2 N–H and O–H groups in total. The van der Waals surface area contributed by atoms with Crippen LogP contribution in [0.15, 0.2) is 15.8 Å². The molecule has 1 saturated heterocycles. The molecule has 0 aliphatic carbocycles. The Labute approximate surface area is 209 Å². The van der Waals surface area contributed by atoms with Crippen molar-refractivity contribution in [2.45, 2.75) is 64.8 Å². The summed E-state index contributed by atoms with van der Waals surface area (Å²) in [5.41, 5.74) is -2.38. The van der Waals surface area contributed by atoms with Crippen LogP contribution in [0.25, 0.3) is 0 Å². The maximum absolute atomic E-state index is 14.5. The molecule has 1 aliphatic rings. The van der Waals surface area contributed by atoms with Crippen molar-refractivity contribution in [2.75, 3.05) is 20.2 Å². The van der Waals surface area contributed by atoms with E-state index >= 15 is 0 Å². The highest BCUT2D eigenvalue weighted by atomic mass is 31.2. The number of hydrogen-bond donors (Lipinski definition) is 2. The molecule has 0 spiro atoms. The molecule has 0 bridgehead atoms. The fraction of sp³-hybridized carbons (Fsp3) is 0.684. The lowest BCUT2D eigenvalue weighted by atomic mass is 10.2. The average Bonchev–Trinajstić information content (AvgIpc) is 3.14. The van der Waals surface area contributed by atoms with Crippen molar-refractivity contribution in [3.8, 4) is 0 Å². The molecule has 0 aromatic carbocycles. The number of aromatic nitrogens is 2. The summed E-state index contributed by atoms with van der Waals surface area (Å²) in [6, 6.07) is 0. The first-order valence-corrected chi connectivity index (χ1v) is 12.3. The normalized spacial score (nSPS) is 19.8. The Morgan fingerprint density at radius 2 is 1.65 bits per heavy atom. The van der Waals surface area contributed by atoms with Crippen LogP contribution in [0.2, 0.25) is 0 Å². The van der Waals surface area contributed by atoms with Gasteiger partial charge in [-0.1, -0.05) is 0 Å². The number of carbonyl (C=O) groups is 2. The molecule has 15 nitrogen and oxygen atoms in total. The van der Waals surface area contributed by atoms with Crippen molar-refractivity contribution >= 4 is 20.5 Å². The van der Waals surface area contributed by atoms with Crippen LogP contribution in [0, 0.1) is 5.82 Å². The molecule has 2 heterocycles. The summed E-state index contributed by atoms with van der Waals surface area (Å²) < 4.78 is 67.8. The quantitative estimate of drug-likeness (QED) is 0.215. The summed E-state index contributed by atoms with van der Waals surface area (Å²) in [6.45, 7) is 3.86. The fourth-order valence-electron chi connectivity index (χ4n) is 2.73. The molecule has 1 aromatic heterocycles. The molecule has 0 amide bonds. The van der Waals surface area contributed by atoms with E-state index in [4.69, 9.17) is 27.8 Å². The van der Waals surface area contributed by atoms with Gasteiger partial charge < -0.3 is 23.7 Å². The second kappa shape index (κ2) is 13.7. The minimum absolute atomic E-state index is 0.369. The SMILES string of the molecule is CC(C)OC(=O)OCO[P+](O)(OCOC(=O)OC(C)C)OCC1CC(F)C(n2cc(F)c(=O)[nH]c2=O)O1. The number of H-pyrrole nitrogens is 1. The summed E-state index contributed by atoms with van der Waals surface area (Å²) in [4.78, 5) is 58.4. The zero-order valence-electron chi connectivity index (χ0n) is 20.3.